The SMILES string of the molecule is CN=C(NCc1ccc(S(=O)(=O)N(C)C(C)C)cc1)N1CCC(c2ccccc2)C1. The molecule has 1 saturated heterocycles. The van der Waals surface area contributed by atoms with E-state index in [1.54, 1.807) is 26.2 Å². The molecule has 162 valence electrons. The van der Waals surface area contributed by atoms with Crippen molar-refractivity contribution in [3.8, 4) is 0 Å². The summed E-state index contributed by atoms with van der Waals surface area (Å²) >= 11 is 0. The van der Waals surface area contributed by atoms with Crippen LogP contribution in [0.25, 0.3) is 0 Å². The smallest absolute Gasteiger partial charge is 0.243 e. The van der Waals surface area contributed by atoms with Crippen molar-refractivity contribution in [2.24, 2.45) is 4.99 Å². The summed E-state index contributed by atoms with van der Waals surface area (Å²) in [6.45, 7) is 6.24. The van der Waals surface area contributed by atoms with Gasteiger partial charge >= 0.3 is 0 Å². The fourth-order valence-electron chi connectivity index (χ4n) is 3.69. The molecular weight excluding hydrogens is 396 g/mol. The molecule has 6 nitrogen and oxygen atoms in total. The fourth-order valence-corrected chi connectivity index (χ4v) is 5.05. The molecule has 7 heteroatoms. The second-order valence-electron chi connectivity index (χ2n) is 8.00. The van der Waals surface area contributed by atoms with Crippen LogP contribution in [-0.4, -0.2) is 56.8 Å². The van der Waals surface area contributed by atoms with Crippen LogP contribution in [0.15, 0.2) is 64.5 Å². The van der Waals surface area contributed by atoms with Crippen molar-refractivity contribution in [1.29, 1.82) is 0 Å². The third-order valence-corrected chi connectivity index (χ3v) is 7.80. The van der Waals surface area contributed by atoms with Gasteiger partial charge in [-0.1, -0.05) is 42.5 Å². The van der Waals surface area contributed by atoms with Gasteiger partial charge in [-0.05, 0) is 43.5 Å². The van der Waals surface area contributed by atoms with Crippen LogP contribution in [0, 0.1) is 0 Å². The largest absolute Gasteiger partial charge is 0.352 e. The third-order valence-electron chi connectivity index (χ3n) is 5.75. The topological polar surface area (TPSA) is 65.0 Å². The minimum Gasteiger partial charge on any atom is -0.352 e. The van der Waals surface area contributed by atoms with Crippen molar-refractivity contribution in [3.63, 3.8) is 0 Å². The van der Waals surface area contributed by atoms with Gasteiger partial charge in [-0.25, -0.2) is 8.42 Å². The first-order chi connectivity index (χ1) is 14.3. The molecule has 0 bridgehead atoms. The number of likely N-dealkylation sites (tertiary alicyclic amines) is 1. The lowest BCUT2D eigenvalue weighted by Crippen LogP contribution is -2.39. The number of hydrogen-bond donors (Lipinski definition) is 1. The Morgan fingerprint density at radius 1 is 1.17 bits per heavy atom. The van der Waals surface area contributed by atoms with Gasteiger partial charge in [0.15, 0.2) is 5.96 Å². The van der Waals surface area contributed by atoms with Crippen molar-refractivity contribution in [1.82, 2.24) is 14.5 Å². The molecule has 1 aliphatic rings. The minimum absolute atomic E-state index is 0.0835. The summed E-state index contributed by atoms with van der Waals surface area (Å²) < 4.78 is 26.6. The minimum atomic E-state index is -3.46. The predicted octanol–water partition coefficient (Wildman–Crippen LogP) is 3.28. The Labute approximate surface area is 180 Å². The van der Waals surface area contributed by atoms with Crippen LogP contribution in [0.5, 0.6) is 0 Å². The predicted molar refractivity (Wildman–Crippen MR) is 122 cm³/mol. The summed E-state index contributed by atoms with van der Waals surface area (Å²) in [6, 6.07) is 17.6. The van der Waals surface area contributed by atoms with E-state index in [0.717, 1.165) is 31.0 Å². The molecule has 0 aliphatic carbocycles. The Morgan fingerprint density at radius 2 is 1.83 bits per heavy atom. The van der Waals surface area contributed by atoms with Gasteiger partial charge in [0.05, 0.1) is 4.90 Å². The molecule has 1 unspecified atom stereocenters. The molecule has 0 spiro atoms. The fraction of sp³-hybridized carbons (Fsp3) is 0.435. The first-order valence-electron chi connectivity index (χ1n) is 10.4. The van der Waals surface area contributed by atoms with Gasteiger partial charge in [-0.15, -0.1) is 0 Å². The second-order valence-corrected chi connectivity index (χ2v) is 10.00. The molecule has 1 aliphatic heterocycles. The van der Waals surface area contributed by atoms with Gasteiger partial charge in [0.25, 0.3) is 0 Å². The van der Waals surface area contributed by atoms with E-state index in [2.05, 4.69) is 39.5 Å². The zero-order valence-electron chi connectivity index (χ0n) is 18.2. The average molecular weight is 429 g/mol. The van der Waals surface area contributed by atoms with Gasteiger partial charge < -0.3 is 10.2 Å². The summed E-state index contributed by atoms with van der Waals surface area (Å²) in [5.74, 6) is 1.40. The van der Waals surface area contributed by atoms with Crippen LogP contribution in [-0.2, 0) is 16.6 Å². The summed E-state index contributed by atoms with van der Waals surface area (Å²) in [5.41, 5.74) is 2.39. The van der Waals surface area contributed by atoms with E-state index in [-0.39, 0.29) is 6.04 Å². The number of hydrogen-bond acceptors (Lipinski definition) is 3. The Bertz CT molecular complexity index is 956. The van der Waals surface area contributed by atoms with Gasteiger partial charge in [0.1, 0.15) is 0 Å². The summed E-state index contributed by atoms with van der Waals surface area (Å²) in [6.07, 6.45) is 1.11. The first-order valence-corrected chi connectivity index (χ1v) is 11.8. The summed E-state index contributed by atoms with van der Waals surface area (Å²) in [5, 5.41) is 3.41. The maximum Gasteiger partial charge on any atom is 0.243 e. The lowest BCUT2D eigenvalue weighted by molar-refractivity contribution is 0.410. The third kappa shape index (κ3) is 5.02. The van der Waals surface area contributed by atoms with E-state index in [1.807, 2.05) is 32.0 Å². The zero-order valence-corrected chi connectivity index (χ0v) is 19.1. The Morgan fingerprint density at radius 3 is 2.43 bits per heavy atom. The molecule has 3 rings (SSSR count). The average Bonchev–Trinajstić information content (AvgIpc) is 3.24. The molecule has 30 heavy (non-hydrogen) atoms. The lowest BCUT2D eigenvalue weighted by Gasteiger charge is -2.22. The number of sulfonamides is 1. The molecule has 1 N–H and O–H groups in total. The quantitative estimate of drug-likeness (QED) is 0.566. The molecule has 1 heterocycles. The van der Waals surface area contributed by atoms with Crippen LogP contribution in [0.4, 0.5) is 0 Å². The van der Waals surface area contributed by atoms with Gasteiger partial charge in [0.2, 0.25) is 10.0 Å². The molecule has 2 aromatic carbocycles. The monoisotopic (exact) mass is 428 g/mol. The zero-order chi connectivity index (χ0) is 21.7. The highest BCUT2D eigenvalue weighted by atomic mass is 32.2. The standard InChI is InChI=1S/C23H32N4O2S/c1-18(2)26(4)30(28,29)22-12-10-19(11-13-22)16-25-23(24-3)27-15-14-21(17-27)20-8-6-5-7-9-20/h5-13,18,21H,14-17H2,1-4H3,(H,24,25). The first kappa shape index (κ1) is 22.3. The summed E-state index contributed by atoms with van der Waals surface area (Å²) in [7, 11) is -0.0450. The Balaban J connectivity index is 1.59. The van der Waals surface area contributed by atoms with Crippen molar-refractivity contribution < 1.29 is 8.42 Å². The molecule has 2 aromatic rings. The molecular formula is C23H32N4O2S. The normalized spacial score (nSPS) is 17.7. The summed E-state index contributed by atoms with van der Waals surface area (Å²) in [4.78, 5) is 7.04. The lowest BCUT2D eigenvalue weighted by atomic mass is 9.99. The van der Waals surface area contributed by atoms with Crippen molar-refractivity contribution in [3.05, 3.63) is 65.7 Å². The van der Waals surface area contributed by atoms with Crippen LogP contribution in [0.2, 0.25) is 0 Å². The molecule has 1 fully saturated rings. The highest BCUT2D eigenvalue weighted by Gasteiger charge is 2.26. The van der Waals surface area contributed by atoms with Crippen molar-refractivity contribution in [2.45, 2.75) is 43.7 Å². The van der Waals surface area contributed by atoms with Crippen LogP contribution < -0.4 is 5.32 Å². The number of rotatable bonds is 6. The van der Waals surface area contributed by atoms with E-state index in [4.69, 9.17) is 0 Å². The molecule has 0 saturated carbocycles. The van der Waals surface area contributed by atoms with Gasteiger partial charge in [-0.2, -0.15) is 4.31 Å². The van der Waals surface area contributed by atoms with E-state index in [9.17, 15) is 8.42 Å². The molecule has 1 atom stereocenters. The van der Waals surface area contributed by atoms with E-state index >= 15 is 0 Å². The highest BCUT2D eigenvalue weighted by Crippen LogP contribution is 2.27. The molecule has 0 amide bonds. The van der Waals surface area contributed by atoms with E-state index in [1.165, 1.54) is 9.87 Å². The maximum atomic E-state index is 12.6. The highest BCUT2D eigenvalue weighted by molar-refractivity contribution is 7.89. The van der Waals surface area contributed by atoms with Gasteiger partial charge in [0, 0.05) is 45.7 Å². The Hall–Kier alpha value is -2.38. The van der Waals surface area contributed by atoms with Crippen LogP contribution in [0.3, 0.4) is 0 Å². The second kappa shape index (κ2) is 9.62. The maximum absolute atomic E-state index is 12.6. The van der Waals surface area contributed by atoms with Crippen molar-refractivity contribution >= 4 is 16.0 Å². The molecule has 0 radical (unpaired) electrons. The number of guanidine groups is 1. The Kier molecular flexibility index (Phi) is 7.15. The number of nitrogens with one attached hydrogen (secondary N) is 1. The van der Waals surface area contributed by atoms with Crippen LogP contribution >= 0.6 is 0 Å². The number of aliphatic imine (C=N–C) groups is 1. The van der Waals surface area contributed by atoms with Crippen LogP contribution in [0.1, 0.15) is 37.3 Å². The molecule has 0 aromatic heterocycles. The number of nitrogens with zero attached hydrogens (tertiary/aromatic N) is 3. The number of benzene rings is 2. The van der Waals surface area contributed by atoms with E-state index < -0.39 is 10.0 Å². The van der Waals surface area contributed by atoms with Crippen molar-refractivity contribution in [2.75, 3.05) is 27.2 Å². The van der Waals surface area contributed by atoms with Gasteiger partial charge in [-0.3, -0.25) is 4.99 Å². The van der Waals surface area contributed by atoms with E-state index in [0.29, 0.717) is 17.4 Å².